The number of alkyl halides is 2. The topological polar surface area (TPSA) is 96.0 Å². The van der Waals surface area contributed by atoms with Gasteiger partial charge in [-0.3, -0.25) is 0 Å². The Bertz CT molecular complexity index is 449. The number of rotatable bonds is 7. The Kier molecular flexibility index (Phi) is 10.3. The van der Waals surface area contributed by atoms with Crippen molar-refractivity contribution < 1.29 is 40.4 Å². The molecule has 0 unspecified atom stereocenters. The average molecular weight is 309 g/mol. The fourth-order valence-electron chi connectivity index (χ4n) is 0.658. The largest absolute Gasteiger partial charge is 0.524 e. The van der Waals surface area contributed by atoms with Crippen LogP contribution in [0.2, 0.25) is 0 Å². The molecule has 0 amide bonds. The number of carbonyl (C=O) groups is 2. The van der Waals surface area contributed by atoms with E-state index in [-0.39, 0.29) is 44.1 Å². The van der Waals surface area contributed by atoms with E-state index >= 15 is 0 Å². The molecule has 1 radical (unpaired) electrons. The first-order valence-electron chi connectivity index (χ1n) is 4.87. The molecule has 0 aromatic carbocycles. The molecule has 0 aromatic heterocycles. The van der Waals surface area contributed by atoms with Gasteiger partial charge in [-0.1, -0.05) is 6.58 Å². The fraction of sp³-hybridized carbons (Fsp3) is 0.556. The molecule has 0 rings (SSSR count). The first-order valence-corrected chi connectivity index (χ1v) is 6.35. The molecular weight excluding hydrogens is 297 g/mol. The van der Waals surface area contributed by atoms with Crippen LogP contribution in [0.15, 0.2) is 12.2 Å². The van der Waals surface area contributed by atoms with Crippen LogP contribution in [0.25, 0.3) is 0 Å². The van der Waals surface area contributed by atoms with Crippen molar-refractivity contribution in [3.63, 3.8) is 0 Å². The molecule has 0 bridgehead atoms. The number of halogens is 2. The quantitative estimate of drug-likeness (QED) is 0.226. The number of hydrogen-bond acceptors (Lipinski definition) is 7. The molecule has 0 N–H and O–H groups in total. The Morgan fingerprint density at radius 1 is 1.20 bits per heavy atom. The molecule has 0 fully saturated rings. The summed E-state index contributed by atoms with van der Waals surface area (Å²) >= 11 is 0. The van der Waals surface area contributed by atoms with Gasteiger partial charge >= 0.3 is 28.0 Å². The molecule has 0 aliphatic heterocycles. The average Bonchev–Trinajstić information content (AvgIpc) is 2.27. The minimum atomic E-state index is -5.27. The Morgan fingerprint density at radius 2 is 1.70 bits per heavy atom. The van der Waals surface area contributed by atoms with Crippen molar-refractivity contribution in [2.24, 2.45) is 0 Å². The molecule has 20 heavy (non-hydrogen) atoms. The molecule has 0 aromatic rings. The van der Waals surface area contributed by atoms with Crippen LogP contribution in [0.4, 0.5) is 13.6 Å². The molecule has 0 spiro atoms. The van der Waals surface area contributed by atoms with E-state index in [1.165, 1.54) is 6.92 Å². The molecular formula is C9H12F2LiO7S. The van der Waals surface area contributed by atoms with Crippen LogP contribution >= 0.6 is 0 Å². The van der Waals surface area contributed by atoms with Gasteiger partial charge in [0.25, 0.3) is 0 Å². The third kappa shape index (κ3) is 8.90. The smallest absolute Gasteiger partial charge is 0.462 e. The van der Waals surface area contributed by atoms with Crippen LogP contribution in [0.5, 0.6) is 0 Å². The van der Waals surface area contributed by atoms with Crippen LogP contribution in [0, 0.1) is 0 Å². The first-order chi connectivity index (χ1) is 8.66. The van der Waals surface area contributed by atoms with Crippen molar-refractivity contribution in [2.75, 3.05) is 13.2 Å². The Hall–Kier alpha value is -1.11. The summed E-state index contributed by atoms with van der Waals surface area (Å²) in [5.74, 6) is -4.47. The summed E-state index contributed by atoms with van der Waals surface area (Å²) in [6.07, 6.45) is -1.73. The van der Waals surface area contributed by atoms with Gasteiger partial charge in [0.15, 0.2) is 0 Å². The van der Waals surface area contributed by atoms with Crippen LogP contribution in [0.3, 0.4) is 0 Å². The summed E-state index contributed by atoms with van der Waals surface area (Å²) in [5, 5.41) is 0. The van der Waals surface area contributed by atoms with Gasteiger partial charge in [0.2, 0.25) is 0 Å². The summed E-state index contributed by atoms with van der Waals surface area (Å²) in [5.41, 5.74) is 0.184. The van der Waals surface area contributed by atoms with Gasteiger partial charge in [-0.05, 0) is 6.92 Å². The van der Waals surface area contributed by atoms with E-state index in [0.717, 1.165) is 0 Å². The molecule has 7 nitrogen and oxygen atoms in total. The predicted molar refractivity (Wildman–Crippen MR) is 63.5 cm³/mol. The number of esters is 1. The van der Waals surface area contributed by atoms with Gasteiger partial charge in [0, 0.05) is 30.9 Å². The standard InChI is InChI=1S/C9H12F2O7S.Li/c1-6(2)7(12)16-4-3-5-17-9(13)18-19(14,15)8(10)11;/h8H,1,3-5H2,2H3;. The Labute approximate surface area is 126 Å². The van der Waals surface area contributed by atoms with E-state index in [1.54, 1.807) is 0 Å². The second kappa shape index (κ2) is 9.74. The second-order valence-electron chi connectivity index (χ2n) is 3.21. The molecule has 11 heteroatoms. The van der Waals surface area contributed by atoms with Crippen LogP contribution < -0.4 is 0 Å². The van der Waals surface area contributed by atoms with E-state index in [1.807, 2.05) is 0 Å². The maximum absolute atomic E-state index is 11.8. The predicted octanol–water partition coefficient (Wildman–Crippen LogP) is 0.821. The zero-order chi connectivity index (χ0) is 15.1. The van der Waals surface area contributed by atoms with E-state index in [0.29, 0.717) is 0 Å². The maximum atomic E-state index is 11.8. The SMILES string of the molecule is C=C(C)C(=O)OCCCOC(=O)OS(=O)(=O)C(F)F.[Li]. The third-order valence-electron chi connectivity index (χ3n) is 1.49. The summed E-state index contributed by atoms with van der Waals surface area (Å²) in [4.78, 5) is 21.6. The van der Waals surface area contributed by atoms with Gasteiger partial charge in [-0.2, -0.15) is 17.2 Å². The fourth-order valence-corrected chi connectivity index (χ4v) is 0.968. The van der Waals surface area contributed by atoms with Crippen molar-refractivity contribution in [1.82, 2.24) is 0 Å². The normalized spacial score (nSPS) is 10.4. The minimum absolute atomic E-state index is 0. The molecule has 0 aliphatic rings. The van der Waals surface area contributed by atoms with Crippen molar-refractivity contribution in [3.05, 3.63) is 12.2 Å². The van der Waals surface area contributed by atoms with Crippen molar-refractivity contribution >= 4 is 41.1 Å². The third-order valence-corrected chi connectivity index (χ3v) is 2.30. The maximum Gasteiger partial charge on any atom is 0.524 e. The van der Waals surface area contributed by atoms with E-state index in [4.69, 9.17) is 0 Å². The number of carbonyl (C=O) groups excluding carboxylic acids is 2. The minimum Gasteiger partial charge on any atom is -0.462 e. The molecule has 0 aliphatic carbocycles. The molecule has 0 atom stereocenters. The number of hydrogen-bond donors (Lipinski definition) is 0. The van der Waals surface area contributed by atoms with E-state index in [9.17, 15) is 26.8 Å². The molecule has 0 heterocycles. The van der Waals surface area contributed by atoms with Crippen molar-refractivity contribution in [2.45, 2.75) is 19.1 Å². The second-order valence-corrected chi connectivity index (χ2v) is 4.71. The van der Waals surface area contributed by atoms with E-state index < -0.39 is 28.0 Å². The molecule has 111 valence electrons. The Balaban J connectivity index is 0. The summed E-state index contributed by atoms with van der Waals surface area (Å²) < 4.78 is 56.7. The summed E-state index contributed by atoms with van der Waals surface area (Å²) in [6.45, 7) is 4.29. The monoisotopic (exact) mass is 309 g/mol. The van der Waals surface area contributed by atoms with E-state index in [2.05, 4.69) is 20.2 Å². The zero-order valence-electron chi connectivity index (χ0n) is 10.9. The van der Waals surface area contributed by atoms with Crippen molar-refractivity contribution in [3.8, 4) is 0 Å². The van der Waals surface area contributed by atoms with Gasteiger partial charge < -0.3 is 13.7 Å². The first kappa shape index (κ1) is 21.2. The molecule has 0 saturated heterocycles. The van der Waals surface area contributed by atoms with Gasteiger partial charge in [-0.15, -0.1) is 0 Å². The van der Waals surface area contributed by atoms with Gasteiger partial charge in [0.05, 0.1) is 13.2 Å². The van der Waals surface area contributed by atoms with Crippen molar-refractivity contribution in [1.29, 1.82) is 0 Å². The summed E-state index contributed by atoms with van der Waals surface area (Å²) in [6, 6.07) is 0. The summed E-state index contributed by atoms with van der Waals surface area (Å²) in [7, 11) is -5.27. The Morgan fingerprint density at radius 3 is 2.15 bits per heavy atom. The van der Waals surface area contributed by atoms with Crippen LogP contribution in [-0.4, -0.2) is 58.4 Å². The number of ether oxygens (including phenoxy) is 2. The van der Waals surface area contributed by atoms with Crippen LogP contribution in [0.1, 0.15) is 13.3 Å². The zero-order valence-corrected chi connectivity index (χ0v) is 11.7. The van der Waals surface area contributed by atoms with Crippen LogP contribution in [-0.2, 0) is 28.6 Å². The van der Waals surface area contributed by atoms with Gasteiger partial charge in [0.1, 0.15) is 0 Å². The van der Waals surface area contributed by atoms with Gasteiger partial charge in [-0.25, -0.2) is 9.59 Å². The molecule has 0 saturated carbocycles.